The summed E-state index contributed by atoms with van der Waals surface area (Å²) in [7, 11) is 1.80. The van der Waals surface area contributed by atoms with Crippen LogP contribution in [0.4, 0.5) is 5.13 Å². The first-order chi connectivity index (χ1) is 13.0. The van der Waals surface area contributed by atoms with Crippen molar-refractivity contribution in [1.82, 2.24) is 19.5 Å². The number of rotatable bonds is 4. The Hall–Kier alpha value is -2.77. The van der Waals surface area contributed by atoms with E-state index in [9.17, 15) is 4.79 Å². The normalized spacial score (nSPS) is 11.1. The molecule has 3 aromatic heterocycles. The minimum absolute atomic E-state index is 0.214. The third kappa shape index (κ3) is 3.31. The molecule has 1 aromatic carbocycles. The van der Waals surface area contributed by atoms with E-state index < -0.39 is 0 Å². The Balaban J connectivity index is 1.81. The molecule has 1 amide bonds. The minimum atomic E-state index is -0.214. The standard InChI is InChI=1S/C19H16ClN5OS/c1-12-14(20)5-6-15-16(12)23-19(27-15)25(11-13-4-3-7-21-10-13)18(26)17-22-8-9-24(17)2/h3-10H,11H2,1-2H3. The van der Waals surface area contributed by atoms with Gasteiger partial charge in [-0.2, -0.15) is 0 Å². The average Bonchev–Trinajstić information content (AvgIpc) is 3.30. The molecule has 0 aliphatic heterocycles. The van der Waals surface area contributed by atoms with Crippen LogP contribution >= 0.6 is 22.9 Å². The predicted molar refractivity (Wildman–Crippen MR) is 107 cm³/mol. The van der Waals surface area contributed by atoms with E-state index in [1.54, 1.807) is 41.3 Å². The van der Waals surface area contributed by atoms with Gasteiger partial charge in [0.05, 0.1) is 16.8 Å². The quantitative estimate of drug-likeness (QED) is 0.516. The van der Waals surface area contributed by atoms with Crippen LogP contribution in [0.1, 0.15) is 21.7 Å². The topological polar surface area (TPSA) is 63.9 Å². The second kappa shape index (κ2) is 7.09. The molecular weight excluding hydrogens is 382 g/mol. The van der Waals surface area contributed by atoms with Crippen molar-refractivity contribution in [2.75, 3.05) is 4.90 Å². The van der Waals surface area contributed by atoms with Crippen LogP contribution < -0.4 is 4.90 Å². The predicted octanol–water partition coefficient (Wildman–Crippen LogP) is 4.23. The highest BCUT2D eigenvalue weighted by atomic mass is 35.5. The zero-order chi connectivity index (χ0) is 19.0. The number of aryl methyl sites for hydroxylation is 2. The number of pyridine rings is 1. The molecule has 0 saturated carbocycles. The van der Waals surface area contributed by atoms with E-state index in [4.69, 9.17) is 16.6 Å². The van der Waals surface area contributed by atoms with E-state index >= 15 is 0 Å². The summed E-state index contributed by atoms with van der Waals surface area (Å²) in [4.78, 5) is 27.9. The summed E-state index contributed by atoms with van der Waals surface area (Å²) in [6.45, 7) is 2.28. The maximum atomic E-state index is 13.2. The largest absolute Gasteiger partial charge is 0.330 e. The summed E-state index contributed by atoms with van der Waals surface area (Å²) < 4.78 is 2.68. The van der Waals surface area contributed by atoms with Gasteiger partial charge in [0.25, 0.3) is 5.91 Å². The molecule has 0 unspecified atom stereocenters. The molecule has 0 spiro atoms. The molecule has 4 rings (SSSR count). The van der Waals surface area contributed by atoms with Gasteiger partial charge < -0.3 is 4.57 Å². The fourth-order valence-electron chi connectivity index (χ4n) is 2.80. The van der Waals surface area contributed by atoms with Gasteiger partial charge in [-0.3, -0.25) is 14.7 Å². The molecule has 0 aliphatic rings. The molecule has 27 heavy (non-hydrogen) atoms. The van der Waals surface area contributed by atoms with Crippen LogP contribution in [0.3, 0.4) is 0 Å². The number of halogens is 1. The Morgan fingerprint density at radius 2 is 2.15 bits per heavy atom. The van der Waals surface area contributed by atoms with Gasteiger partial charge in [-0.25, -0.2) is 9.97 Å². The molecule has 0 bridgehead atoms. The second-order valence-corrected chi connectivity index (χ2v) is 7.55. The SMILES string of the molecule is Cc1c(Cl)ccc2sc(N(Cc3cccnc3)C(=O)c3nccn3C)nc12. The minimum Gasteiger partial charge on any atom is -0.330 e. The molecule has 0 N–H and O–H groups in total. The van der Waals surface area contributed by atoms with Crippen LogP contribution in [-0.4, -0.2) is 25.4 Å². The van der Waals surface area contributed by atoms with Gasteiger partial charge in [0.1, 0.15) is 0 Å². The Morgan fingerprint density at radius 3 is 2.85 bits per heavy atom. The van der Waals surface area contributed by atoms with Crippen LogP contribution in [0.25, 0.3) is 10.2 Å². The number of fused-ring (bicyclic) bond motifs is 1. The number of anilines is 1. The first kappa shape index (κ1) is 17.6. The van der Waals surface area contributed by atoms with Gasteiger partial charge in [0, 0.05) is 36.9 Å². The van der Waals surface area contributed by atoms with Crippen LogP contribution in [-0.2, 0) is 13.6 Å². The maximum absolute atomic E-state index is 13.2. The van der Waals surface area contributed by atoms with Crippen molar-refractivity contribution in [1.29, 1.82) is 0 Å². The third-order valence-electron chi connectivity index (χ3n) is 4.29. The maximum Gasteiger partial charge on any atom is 0.296 e. The number of nitrogens with zero attached hydrogens (tertiary/aromatic N) is 5. The van der Waals surface area contributed by atoms with Crippen molar-refractivity contribution in [2.24, 2.45) is 7.05 Å². The summed E-state index contributed by atoms with van der Waals surface area (Å²) in [6, 6.07) is 7.56. The second-order valence-electron chi connectivity index (χ2n) is 6.13. The molecule has 0 atom stereocenters. The Morgan fingerprint density at radius 1 is 1.30 bits per heavy atom. The lowest BCUT2D eigenvalue weighted by atomic mass is 10.2. The lowest BCUT2D eigenvalue weighted by molar-refractivity contribution is 0.0972. The zero-order valence-corrected chi connectivity index (χ0v) is 16.3. The molecule has 8 heteroatoms. The van der Waals surface area contributed by atoms with E-state index in [1.165, 1.54) is 11.3 Å². The number of imidazole rings is 1. The van der Waals surface area contributed by atoms with Crippen LogP contribution in [0.15, 0.2) is 49.1 Å². The lowest BCUT2D eigenvalue weighted by Crippen LogP contribution is -2.32. The highest BCUT2D eigenvalue weighted by molar-refractivity contribution is 7.22. The summed E-state index contributed by atoms with van der Waals surface area (Å²) in [5, 5.41) is 1.26. The molecule has 6 nitrogen and oxygen atoms in total. The molecule has 0 radical (unpaired) electrons. The number of amides is 1. The van der Waals surface area contributed by atoms with E-state index in [0.717, 1.165) is 21.3 Å². The van der Waals surface area contributed by atoms with Crippen molar-refractivity contribution in [3.8, 4) is 0 Å². The van der Waals surface area contributed by atoms with Crippen molar-refractivity contribution in [3.05, 3.63) is 71.0 Å². The Kier molecular flexibility index (Phi) is 4.63. The molecule has 0 saturated heterocycles. The number of hydrogen-bond donors (Lipinski definition) is 0. The highest BCUT2D eigenvalue weighted by Gasteiger charge is 2.25. The van der Waals surface area contributed by atoms with Crippen molar-refractivity contribution >= 4 is 44.2 Å². The first-order valence-electron chi connectivity index (χ1n) is 8.28. The van der Waals surface area contributed by atoms with Gasteiger partial charge in [0.2, 0.25) is 0 Å². The fourth-order valence-corrected chi connectivity index (χ4v) is 3.97. The van der Waals surface area contributed by atoms with Crippen LogP contribution in [0.2, 0.25) is 5.02 Å². The number of benzene rings is 1. The summed E-state index contributed by atoms with van der Waals surface area (Å²) in [5.41, 5.74) is 2.63. The molecule has 0 aliphatic carbocycles. The molecule has 4 aromatic rings. The number of carbonyl (C=O) groups excluding carboxylic acids is 1. The molecular formula is C19H16ClN5OS. The van der Waals surface area contributed by atoms with E-state index in [-0.39, 0.29) is 5.91 Å². The van der Waals surface area contributed by atoms with Crippen LogP contribution in [0, 0.1) is 6.92 Å². The van der Waals surface area contributed by atoms with Gasteiger partial charge >= 0.3 is 0 Å². The summed E-state index contributed by atoms with van der Waals surface area (Å²) >= 11 is 7.69. The van der Waals surface area contributed by atoms with E-state index in [2.05, 4.69) is 9.97 Å². The summed E-state index contributed by atoms with van der Waals surface area (Å²) in [5.74, 6) is 0.141. The number of hydrogen-bond acceptors (Lipinski definition) is 5. The van der Waals surface area contributed by atoms with Crippen LogP contribution in [0.5, 0.6) is 0 Å². The molecule has 136 valence electrons. The molecule has 3 heterocycles. The van der Waals surface area contributed by atoms with Gasteiger partial charge in [-0.1, -0.05) is 29.0 Å². The summed E-state index contributed by atoms with van der Waals surface area (Å²) in [6.07, 6.45) is 6.81. The van der Waals surface area contributed by atoms with Crippen molar-refractivity contribution in [3.63, 3.8) is 0 Å². The Labute approximate surface area is 165 Å². The van der Waals surface area contributed by atoms with Crippen molar-refractivity contribution in [2.45, 2.75) is 13.5 Å². The average molecular weight is 398 g/mol. The lowest BCUT2D eigenvalue weighted by Gasteiger charge is -2.19. The Bertz CT molecular complexity index is 1120. The smallest absolute Gasteiger partial charge is 0.296 e. The van der Waals surface area contributed by atoms with E-state index in [1.807, 2.05) is 31.2 Å². The van der Waals surface area contributed by atoms with Gasteiger partial charge in [-0.15, -0.1) is 0 Å². The van der Waals surface area contributed by atoms with Crippen molar-refractivity contribution < 1.29 is 4.79 Å². The monoisotopic (exact) mass is 397 g/mol. The molecule has 0 fully saturated rings. The third-order valence-corrected chi connectivity index (χ3v) is 5.74. The highest BCUT2D eigenvalue weighted by Crippen LogP contribution is 2.34. The number of thiazole rings is 1. The number of carbonyl (C=O) groups is 1. The zero-order valence-electron chi connectivity index (χ0n) is 14.8. The van der Waals surface area contributed by atoms with E-state index in [0.29, 0.717) is 22.5 Å². The fraction of sp³-hybridized carbons (Fsp3) is 0.158. The van der Waals surface area contributed by atoms with Gasteiger partial charge in [0.15, 0.2) is 11.0 Å². The first-order valence-corrected chi connectivity index (χ1v) is 9.48. The van der Waals surface area contributed by atoms with Gasteiger partial charge in [-0.05, 0) is 36.2 Å². The number of aromatic nitrogens is 4.